The Morgan fingerprint density at radius 2 is 2.08 bits per heavy atom. The Balaban J connectivity index is 0.00000186. The lowest BCUT2D eigenvalue weighted by Gasteiger charge is -2.37. The normalized spacial score (nSPS) is 14.5. The number of aromatic amines is 2. The number of benzene rings is 1. The van der Waals surface area contributed by atoms with E-state index in [4.69, 9.17) is 4.74 Å². The quantitative estimate of drug-likeness (QED) is 0.188. The highest BCUT2D eigenvalue weighted by Crippen LogP contribution is 2.29. The summed E-state index contributed by atoms with van der Waals surface area (Å²) in [5.74, 6) is -0.162. The molecule has 3 aromatic rings. The van der Waals surface area contributed by atoms with Gasteiger partial charge in [-0.3, -0.25) is 5.10 Å². The molecular weight excluding hydrogens is 480 g/mol. The fourth-order valence-electron chi connectivity index (χ4n) is 3.64. The lowest BCUT2D eigenvalue weighted by atomic mass is 10.1. The highest BCUT2D eigenvalue weighted by Gasteiger charge is 2.27. The second-order valence-electron chi connectivity index (χ2n) is 8.12. The van der Waals surface area contributed by atoms with Crippen LogP contribution in [-0.4, -0.2) is 63.7 Å². The van der Waals surface area contributed by atoms with Crippen molar-refractivity contribution in [2.75, 3.05) is 25.1 Å². The molecule has 198 valence electrons. The molecule has 0 spiro atoms. The van der Waals surface area contributed by atoms with Gasteiger partial charge in [-0.2, -0.15) is 5.10 Å². The number of hydrogen-bond donors (Lipinski definition) is 4. The number of aliphatic imine (C=N–C) groups is 2. The van der Waals surface area contributed by atoms with E-state index in [1.807, 2.05) is 39.0 Å². The minimum Gasteiger partial charge on any atom is -0.468 e. The summed E-state index contributed by atoms with van der Waals surface area (Å²) in [6.07, 6.45) is 5.82. The molecule has 4 rings (SSSR count). The van der Waals surface area contributed by atoms with Crippen molar-refractivity contribution in [3.63, 3.8) is 0 Å². The summed E-state index contributed by atoms with van der Waals surface area (Å²) < 4.78 is 34.6. The number of likely N-dealkylation sites (tertiary alicyclic amines) is 1. The molecule has 1 aliphatic rings. The molecule has 11 heteroatoms. The number of aryl methyl sites for hydroxylation is 1. The van der Waals surface area contributed by atoms with Crippen molar-refractivity contribution in [2.24, 2.45) is 9.98 Å². The molecule has 3 heterocycles. The molecule has 4 N–H and O–H groups in total. The van der Waals surface area contributed by atoms with Crippen LogP contribution in [0.1, 0.15) is 32.2 Å². The molecule has 9 nitrogen and oxygen atoms in total. The summed E-state index contributed by atoms with van der Waals surface area (Å²) in [6, 6.07) is 4.36. The maximum atomic E-state index is 14.8. The van der Waals surface area contributed by atoms with Crippen LogP contribution in [0.25, 0.3) is 10.9 Å². The van der Waals surface area contributed by atoms with E-state index in [9.17, 15) is 13.9 Å². The maximum Gasteiger partial charge on any atom is 0.181 e. The number of aromatic nitrogens is 3. The Kier molecular flexibility index (Phi) is 9.56. The number of anilines is 1. The average molecular weight is 514 g/mol. The van der Waals surface area contributed by atoms with Gasteiger partial charge in [0.1, 0.15) is 11.7 Å². The molecule has 1 aromatic carbocycles. The lowest BCUT2D eigenvalue weighted by molar-refractivity contribution is 0.0468. The molecule has 1 saturated heterocycles. The first-order valence-electron chi connectivity index (χ1n) is 12.1. The van der Waals surface area contributed by atoms with Crippen LogP contribution in [0.5, 0.6) is 5.75 Å². The first-order chi connectivity index (χ1) is 17.9. The Hall–Kier alpha value is -3.99. The second kappa shape index (κ2) is 12.8. The van der Waals surface area contributed by atoms with Crippen LogP contribution in [0.4, 0.5) is 14.6 Å². The van der Waals surface area contributed by atoms with Gasteiger partial charge < -0.3 is 25.0 Å². The third-order valence-corrected chi connectivity index (χ3v) is 5.43. The molecule has 0 atom stereocenters. The first-order valence-corrected chi connectivity index (χ1v) is 12.1. The van der Waals surface area contributed by atoms with E-state index in [-0.39, 0.29) is 23.4 Å². The topological polar surface area (TPSA) is 114 Å². The summed E-state index contributed by atoms with van der Waals surface area (Å²) in [4.78, 5) is 13.0. The predicted octanol–water partition coefficient (Wildman–Crippen LogP) is 4.69. The number of allylic oxidation sites excluding steroid dienone is 2. The molecule has 2 aromatic heterocycles. The number of rotatable bonds is 9. The molecular formula is C26H33F2N7O2. The minimum atomic E-state index is -0.667. The van der Waals surface area contributed by atoms with Crippen LogP contribution in [0.15, 0.2) is 52.2 Å². The zero-order chi connectivity index (χ0) is 26.9. The van der Waals surface area contributed by atoms with Crippen LogP contribution >= 0.6 is 0 Å². The largest absolute Gasteiger partial charge is 0.468 e. The van der Waals surface area contributed by atoms with Gasteiger partial charge in [0.25, 0.3) is 0 Å². The van der Waals surface area contributed by atoms with Crippen molar-refractivity contribution < 1.29 is 18.6 Å². The van der Waals surface area contributed by atoms with E-state index in [0.29, 0.717) is 42.7 Å². The summed E-state index contributed by atoms with van der Waals surface area (Å²) >= 11 is 0. The Bertz CT molecular complexity index is 1300. The SMILES string of the molecule is C=N/C(=C\C(=N/COc1cc(F)c2[nH]c(C)cc2c1F)N1CC(O)C1)Nc1cc(C/C=C/C)[nH]n1.CC. The number of H-pyrrole nitrogens is 2. The van der Waals surface area contributed by atoms with Crippen LogP contribution in [0.3, 0.4) is 0 Å². The molecule has 0 aliphatic carbocycles. The van der Waals surface area contributed by atoms with Crippen molar-refractivity contribution in [3.05, 3.63) is 65.3 Å². The molecule has 0 amide bonds. The lowest BCUT2D eigenvalue weighted by Crippen LogP contribution is -2.53. The number of β-amino-alcohol motifs (C(OH)–C–C–N with tert-alkyl or cyclic N) is 1. The van der Waals surface area contributed by atoms with Gasteiger partial charge in [0.05, 0.1) is 11.6 Å². The number of nitrogens with one attached hydrogen (secondary N) is 3. The third-order valence-electron chi connectivity index (χ3n) is 5.43. The van der Waals surface area contributed by atoms with Crippen LogP contribution < -0.4 is 10.1 Å². The van der Waals surface area contributed by atoms with E-state index in [2.05, 4.69) is 37.2 Å². The van der Waals surface area contributed by atoms with E-state index in [1.54, 1.807) is 17.9 Å². The van der Waals surface area contributed by atoms with E-state index in [1.165, 1.54) is 6.07 Å². The molecule has 1 aliphatic heterocycles. The monoisotopic (exact) mass is 513 g/mol. The number of amidine groups is 1. The van der Waals surface area contributed by atoms with Gasteiger partial charge in [-0.05, 0) is 26.6 Å². The van der Waals surface area contributed by atoms with E-state index >= 15 is 0 Å². The minimum absolute atomic E-state index is 0.0917. The molecule has 37 heavy (non-hydrogen) atoms. The van der Waals surface area contributed by atoms with Gasteiger partial charge in [-0.1, -0.05) is 26.0 Å². The zero-order valence-electron chi connectivity index (χ0n) is 21.5. The molecule has 0 unspecified atom stereocenters. The van der Waals surface area contributed by atoms with Gasteiger partial charge in [-0.15, -0.1) is 0 Å². The van der Waals surface area contributed by atoms with E-state index in [0.717, 1.165) is 11.8 Å². The van der Waals surface area contributed by atoms with Crippen molar-refractivity contribution >= 4 is 29.3 Å². The second-order valence-corrected chi connectivity index (χ2v) is 8.12. The summed E-state index contributed by atoms with van der Waals surface area (Å²) in [5, 5.41) is 20.0. The van der Waals surface area contributed by atoms with Crippen molar-refractivity contribution in [1.82, 2.24) is 20.1 Å². The molecule has 1 fully saturated rings. The molecule has 0 radical (unpaired) electrons. The fraction of sp³-hybridized carbons (Fsp3) is 0.346. The van der Waals surface area contributed by atoms with Crippen LogP contribution in [0, 0.1) is 18.6 Å². The van der Waals surface area contributed by atoms with Crippen LogP contribution in [0.2, 0.25) is 0 Å². The number of aliphatic hydroxyl groups is 1. The Labute approximate surface area is 214 Å². The van der Waals surface area contributed by atoms with Crippen molar-refractivity contribution in [2.45, 2.75) is 40.2 Å². The number of fused-ring (bicyclic) bond motifs is 1. The number of aliphatic hydroxyl groups excluding tert-OH is 1. The van der Waals surface area contributed by atoms with Gasteiger partial charge in [0.15, 0.2) is 29.9 Å². The van der Waals surface area contributed by atoms with Crippen LogP contribution in [-0.2, 0) is 6.42 Å². The third kappa shape index (κ3) is 6.82. The smallest absolute Gasteiger partial charge is 0.181 e. The predicted molar refractivity (Wildman–Crippen MR) is 143 cm³/mol. The number of ether oxygens (including phenoxy) is 1. The summed E-state index contributed by atoms with van der Waals surface area (Å²) in [7, 11) is 0. The highest BCUT2D eigenvalue weighted by molar-refractivity contribution is 5.94. The fourth-order valence-corrected chi connectivity index (χ4v) is 3.64. The van der Waals surface area contributed by atoms with Gasteiger partial charge in [0, 0.05) is 54.5 Å². The molecule has 0 saturated carbocycles. The first kappa shape index (κ1) is 27.6. The summed E-state index contributed by atoms with van der Waals surface area (Å²) in [5.41, 5.74) is 1.65. The van der Waals surface area contributed by atoms with Gasteiger partial charge in [-0.25, -0.2) is 18.8 Å². The highest BCUT2D eigenvalue weighted by atomic mass is 19.1. The van der Waals surface area contributed by atoms with Crippen molar-refractivity contribution in [3.8, 4) is 5.75 Å². The van der Waals surface area contributed by atoms with Gasteiger partial charge in [0.2, 0.25) is 0 Å². The summed E-state index contributed by atoms with van der Waals surface area (Å²) in [6.45, 7) is 11.7. The van der Waals surface area contributed by atoms with Gasteiger partial charge >= 0.3 is 0 Å². The Morgan fingerprint density at radius 1 is 1.32 bits per heavy atom. The number of hydrogen-bond acceptors (Lipinski definition) is 6. The zero-order valence-corrected chi connectivity index (χ0v) is 21.5. The Morgan fingerprint density at radius 3 is 2.76 bits per heavy atom. The van der Waals surface area contributed by atoms with Crippen molar-refractivity contribution in [1.29, 1.82) is 0 Å². The van der Waals surface area contributed by atoms with E-state index < -0.39 is 17.7 Å². The standard InChI is InChI=1S/C24H27F2N7O2.C2H6/c1-4-5-6-15-8-21(32-31-15)30-20(27-3)10-22(33-11-16(34)12-33)28-13-35-19-9-18(25)24-17(23(19)26)7-14(2)29-24;1-2/h4-5,7-10,16,29,34H,3,6,11-13H2,1-2H3,(H2,30,31,32);1-2H3/b5-4+,20-10+,28-22+;. The maximum absolute atomic E-state index is 14.8. The average Bonchev–Trinajstić information content (AvgIpc) is 3.50. The number of halogens is 2. The number of nitrogens with zero attached hydrogens (tertiary/aromatic N) is 4. The molecule has 0 bridgehead atoms.